The standard InChI is InChI=1S/C15H23N3O3/c1-11(2)10-17-7-5-12(6-8-17)16-14-4-3-13(19)9-15(14)18(20)21/h3-4,9,11-12,16,19H,5-8,10H2,1-2H3. The van der Waals surface area contributed by atoms with Gasteiger partial charge in [-0.1, -0.05) is 13.8 Å². The summed E-state index contributed by atoms with van der Waals surface area (Å²) < 4.78 is 0. The van der Waals surface area contributed by atoms with Crippen molar-refractivity contribution in [2.45, 2.75) is 32.7 Å². The summed E-state index contributed by atoms with van der Waals surface area (Å²) in [6, 6.07) is 4.49. The fourth-order valence-corrected chi connectivity index (χ4v) is 2.79. The lowest BCUT2D eigenvalue weighted by Gasteiger charge is -2.33. The maximum atomic E-state index is 11.0. The third-order valence-corrected chi connectivity index (χ3v) is 3.75. The first-order valence-corrected chi connectivity index (χ1v) is 7.42. The molecule has 0 aliphatic carbocycles. The smallest absolute Gasteiger partial charge is 0.296 e. The Labute approximate surface area is 124 Å². The van der Waals surface area contributed by atoms with E-state index in [0.717, 1.165) is 32.5 Å². The molecule has 1 aromatic rings. The Hall–Kier alpha value is -1.82. The number of aromatic hydroxyl groups is 1. The van der Waals surface area contributed by atoms with Crippen LogP contribution in [0.5, 0.6) is 5.75 Å². The number of piperidine rings is 1. The molecule has 2 rings (SSSR count). The number of nitro benzene ring substituents is 1. The first-order valence-electron chi connectivity index (χ1n) is 7.42. The Morgan fingerprint density at radius 2 is 2.10 bits per heavy atom. The highest BCUT2D eigenvalue weighted by molar-refractivity contribution is 5.64. The van der Waals surface area contributed by atoms with Crippen molar-refractivity contribution < 1.29 is 10.0 Å². The van der Waals surface area contributed by atoms with Crippen LogP contribution >= 0.6 is 0 Å². The van der Waals surface area contributed by atoms with Gasteiger partial charge in [-0.05, 0) is 30.9 Å². The Kier molecular flexibility index (Phi) is 5.01. The summed E-state index contributed by atoms with van der Waals surface area (Å²) in [6.07, 6.45) is 1.95. The summed E-state index contributed by atoms with van der Waals surface area (Å²) in [5.74, 6) is 0.576. The van der Waals surface area contributed by atoms with Crippen LogP contribution in [-0.2, 0) is 0 Å². The predicted octanol–water partition coefficient (Wildman–Crippen LogP) is 2.83. The average molecular weight is 293 g/mol. The van der Waals surface area contributed by atoms with Gasteiger partial charge in [0.25, 0.3) is 5.69 Å². The van der Waals surface area contributed by atoms with E-state index in [1.807, 2.05) is 0 Å². The topological polar surface area (TPSA) is 78.6 Å². The minimum absolute atomic E-state index is 0.0698. The highest BCUT2D eigenvalue weighted by atomic mass is 16.6. The third kappa shape index (κ3) is 4.32. The van der Waals surface area contributed by atoms with Crippen molar-refractivity contribution in [2.24, 2.45) is 5.92 Å². The van der Waals surface area contributed by atoms with E-state index in [2.05, 4.69) is 24.1 Å². The number of benzene rings is 1. The molecule has 0 atom stereocenters. The van der Waals surface area contributed by atoms with Gasteiger partial charge in [0.15, 0.2) is 0 Å². The van der Waals surface area contributed by atoms with Gasteiger partial charge >= 0.3 is 0 Å². The zero-order valence-electron chi connectivity index (χ0n) is 12.6. The molecule has 0 radical (unpaired) electrons. The number of hydrogen-bond donors (Lipinski definition) is 2. The molecule has 6 heteroatoms. The molecule has 116 valence electrons. The van der Waals surface area contributed by atoms with Gasteiger partial charge in [0.1, 0.15) is 11.4 Å². The number of nitrogens with zero attached hydrogens (tertiary/aromatic N) is 2. The molecule has 0 bridgehead atoms. The SMILES string of the molecule is CC(C)CN1CCC(Nc2ccc(O)cc2[N+](=O)[O-])CC1. The van der Waals surface area contributed by atoms with Crippen LogP contribution in [0.4, 0.5) is 11.4 Å². The number of likely N-dealkylation sites (tertiary alicyclic amines) is 1. The van der Waals surface area contributed by atoms with E-state index in [4.69, 9.17) is 0 Å². The van der Waals surface area contributed by atoms with Gasteiger partial charge in [0.05, 0.1) is 11.0 Å². The Morgan fingerprint density at radius 1 is 1.43 bits per heavy atom. The van der Waals surface area contributed by atoms with Gasteiger partial charge in [-0.3, -0.25) is 10.1 Å². The zero-order valence-corrected chi connectivity index (χ0v) is 12.6. The lowest BCUT2D eigenvalue weighted by molar-refractivity contribution is -0.384. The first kappa shape index (κ1) is 15.6. The number of nitrogens with one attached hydrogen (secondary N) is 1. The zero-order chi connectivity index (χ0) is 15.4. The molecule has 6 nitrogen and oxygen atoms in total. The largest absolute Gasteiger partial charge is 0.508 e. The first-order chi connectivity index (χ1) is 9.95. The second-order valence-corrected chi connectivity index (χ2v) is 6.07. The fourth-order valence-electron chi connectivity index (χ4n) is 2.79. The van der Waals surface area contributed by atoms with Crippen molar-refractivity contribution in [1.82, 2.24) is 4.90 Å². The van der Waals surface area contributed by atoms with Crippen LogP contribution in [0.15, 0.2) is 18.2 Å². The van der Waals surface area contributed by atoms with Crippen molar-refractivity contribution in [1.29, 1.82) is 0 Å². The summed E-state index contributed by atoms with van der Waals surface area (Å²) in [4.78, 5) is 13.0. The second kappa shape index (κ2) is 6.76. The fraction of sp³-hybridized carbons (Fsp3) is 0.600. The van der Waals surface area contributed by atoms with Gasteiger partial charge in [0.2, 0.25) is 0 Å². The highest BCUT2D eigenvalue weighted by Crippen LogP contribution is 2.30. The molecule has 0 aromatic heterocycles. The molecule has 21 heavy (non-hydrogen) atoms. The van der Waals surface area contributed by atoms with Gasteiger partial charge < -0.3 is 15.3 Å². The van der Waals surface area contributed by atoms with Crippen molar-refractivity contribution in [3.8, 4) is 5.75 Å². The second-order valence-electron chi connectivity index (χ2n) is 6.07. The average Bonchev–Trinajstić information content (AvgIpc) is 2.42. The van der Waals surface area contributed by atoms with E-state index in [0.29, 0.717) is 11.6 Å². The Morgan fingerprint density at radius 3 is 2.67 bits per heavy atom. The molecule has 2 N–H and O–H groups in total. The quantitative estimate of drug-likeness (QED) is 0.496. The Balaban J connectivity index is 1.96. The molecule has 0 amide bonds. The predicted molar refractivity (Wildman–Crippen MR) is 82.7 cm³/mol. The molecular weight excluding hydrogens is 270 g/mol. The van der Waals surface area contributed by atoms with Gasteiger partial charge in [0, 0.05) is 25.7 Å². The third-order valence-electron chi connectivity index (χ3n) is 3.75. The van der Waals surface area contributed by atoms with E-state index < -0.39 is 4.92 Å². The summed E-state index contributed by atoms with van der Waals surface area (Å²) in [6.45, 7) is 7.56. The monoisotopic (exact) mass is 293 g/mol. The van der Waals surface area contributed by atoms with E-state index in [1.54, 1.807) is 6.07 Å². The lowest BCUT2D eigenvalue weighted by atomic mass is 10.0. The van der Waals surface area contributed by atoms with Crippen molar-refractivity contribution in [2.75, 3.05) is 25.0 Å². The van der Waals surface area contributed by atoms with E-state index in [-0.39, 0.29) is 17.5 Å². The van der Waals surface area contributed by atoms with E-state index >= 15 is 0 Å². The minimum atomic E-state index is -0.462. The molecule has 1 aliphatic rings. The number of phenolic OH excluding ortho intramolecular Hbond substituents is 1. The number of hydrogen-bond acceptors (Lipinski definition) is 5. The molecule has 0 spiro atoms. The van der Waals surface area contributed by atoms with Crippen LogP contribution < -0.4 is 5.32 Å². The molecule has 1 fully saturated rings. The highest BCUT2D eigenvalue weighted by Gasteiger charge is 2.22. The van der Waals surface area contributed by atoms with Crippen LogP contribution in [0.3, 0.4) is 0 Å². The molecule has 0 unspecified atom stereocenters. The van der Waals surface area contributed by atoms with Crippen molar-refractivity contribution in [3.63, 3.8) is 0 Å². The van der Waals surface area contributed by atoms with Gasteiger partial charge in [-0.25, -0.2) is 0 Å². The van der Waals surface area contributed by atoms with Crippen LogP contribution in [-0.4, -0.2) is 40.6 Å². The van der Waals surface area contributed by atoms with Gasteiger partial charge in [-0.2, -0.15) is 0 Å². The number of anilines is 1. The lowest BCUT2D eigenvalue weighted by Crippen LogP contribution is -2.40. The molecule has 0 saturated carbocycles. The summed E-state index contributed by atoms with van der Waals surface area (Å²) >= 11 is 0. The maximum absolute atomic E-state index is 11.0. The molecule has 1 heterocycles. The summed E-state index contributed by atoms with van der Waals surface area (Å²) in [5, 5.41) is 23.7. The van der Waals surface area contributed by atoms with Gasteiger partial charge in [-0.15, -0.1) is 0 Å². The number of nitro groups is 1. The Bertz CT molecular complexity index is 497. The van der Waals surface area contributed by atoms with Crippen molar-refractivity contribution >= 4 is 11.4 Å². The van der Waals surface area contributed by atoms with Crippen LogP contribution in [0.25, 0.3) is 0 Å². The molecule has 1 saturated heterocycles. The molecular formula is C15H23N3O3. The molecule has 1 aliphatic heterocycles. The maximum Gasteiger partial charge on any atom is 0.296 e. The van der Waals surface area contributed by atoms with E-state index in [1.165, 1.54) is 12.1 Å². The van der Waals surface area contributed by atoms with Crippen LogP contribution in [0, 0.1) is 16.0 Å². The van der Waals surface area contributed by atoms with Crippen molar-refractivity contribution in [3.05, 3.63) is 28.3 Å². The minimum Gasteiger partial charge on any atom is -0.508 e. The molecule has 1 aromatic carbocycles. The normalized spacial score (nSPS) is 17.1. The van der Waals surface area contributed by atoms with Crippen LogP contribution in [0.2, 0.25) is 0 Å². The van der Waals surface area contributed by atoms with Crippen LogP contribution in [0.1, 0.15) is 26.7 Å². The van der Waals surface area contributed by atoms with E-state index in [9.17, 15) is 15.2 Å². The summed E-state index contributed by atoms with van der Waals surface area (Å²) in [7, 11) is 0. The number of phenols is 1. The summed E-state index contributed by atoms with van der Waals surface area (Å²) in [5.41, 5.74) is 0.416. The number of rotatable bonds is 5.